The smallest absolute Gasteiger partial charge is 0.305 e. The van der Waals surface area contributed by atoms with E-state index in [0.717, 1.165) is 25.7 Å². The van der Waals surface area contributed by atoms with Crippen molar-refractivity contribution in [3.63, 3.8) is 0 Å². The molecule has 39 heavy (non-hydrogen) atoms. The summed E-state index contributed by atoms with van der Waals surface area (Å²) < 4.78 is 10.1. The molecule has 0 unspecified atom stereocenters. The van der Waals surface area contributed by atoms with E-state index in [9.17, 15) is 9.59 Å². The van der Waals surface area contributed by atoms with Gasteiger partial charge in [-0.05, 0) is 66.7 Å². The van der Waals surface area contributed by atoms with Gasteiger partial charge in [0.15, 0.2) is 0 Å². The Kier molecular flexibility index (Phi) is 10.6. The Balaban J connectivity index is 1.31. The number of benzene rings is 2. The van der Waals surface area contributed by atoms with Crippen molar-refractivity contribution < 1.29 is 19.1 Å². The van der Waals surface area contributed by atoms with Gasteiger partial charge < -0.3 is 9.47 Å². The molecule has 1 fully saturated rings. The first kappa shape index (κ1) is 28.9. The van der Waals surface area contributed by atoms with Crippen LogP contribution in [0.1, 0.15) is 95.1 Å². The fourth-order valence-corrected chi connectivity index (χ4v) is 6.76. The van der Waals surface area contributed by atoms with Gasteiger partial charge in [-0.15, -0.1) is 0 Å². The second-order valence-corrected chi connectivity index (χ2v) is 11.0. The van der Waals surface area contributed by atoms with Crippen LogP contribution in [0, 0.1) is 11.3 Å². The molecule has 2 aromatic rings. The summed E-state index contributed by atoms with van der Waals surface area (Å²) in [6, 6.07) is 21.8. The van der Waals surface area contributed by atoms with Crippen molar-refractivity contribution in [3.05, 3.63) is 83.9 Å². The number of rotatable bonds is 15. The molecule has 0 spiro atoms. The minimum absolute atomic E-state index is 0.0489. The van der Waals surface area contributed by atoms with E-state index < -0.39 is 0 Å². The van der Waals surface area contributed by atoms with Crippen molar-refractivity contribution in [2.24, 2.45) is 11.3 Å². The Bertz CT molecular complexity index is 1130. The third-order valence-corrected chi connectivity index (χ3v) is 8.59. The molecule has 2 aliphatic carbocycles. The summed E-state index contributed by atoms with van der Waals surface area (Å²) in [6.45, 7) is 6.76. The van der Waals surface area contributed by atoms with Crippen LogP contribution in [-0.2, 0) is 19.1 Å². The summed E-state index contributed by atoms with van der Waals surface area (Å²) in [7, 11) is 0. The van der Waals surface area contributed by atoms with Crippen LogP contribution in [0.15, 0.2) is 72.8 Å². The van der Waals surface area contributed by atoms with Crippen LogP contribution in [0.4, 0.5) is 0 Å². The second-order valence-electron chi connectivity index (χ2n) is 11.0. The van der Waals surface area contributed by atoms with Crippen molar-refractivity contribution in [3.8, 4) is 0 Å². The fraction of sp³-hybridized carbons (Fsp3) is 0.486. The molecular formula is C35H44O4. The first-order chi connectivity index (χ1) is 19.1. The molecule has 4 rings (SSSR count). The standard InChI is InChI=1S/C35H44O4/c1-3-32(36)38-24-25-39-33(37)22-14-6-4-5-9-20-30-26-31-21-15-23-35(31,27(2)28-16-10-7-11-17-28)34(30)29-18-12-8-13-19-29/h7-8,10-13,16-19,31H,2-6,9,14-15,20-26H2,1H3/t31-,35+/m1/s1. The van der Waals surface area contributed by atoms with Crippen molar-refractivity contribution in [2.75, 3.05) is 13.2 Å². The lowest BCUT2D eigenvalue weighted by Crippen LogP contribution is -2.24. The van der Waals surface area contributed by atoms with Gasteiger partial charge >= 0.3 is 11.9 Å². The maximum atomic E-state index is 11.9. The number of unbranched alkanes of at least 4 members (excludes halogenated alkanes) is 4. The summed E-state index contributed by atoms with van der Waals surface area (Å²) in [4.78, 5) is 23.0. The first-order valence-corrected chi connectivity index (χ1v) is 14.9. The molecule has 4 heteroatoms. The Morgan fingerprint density at radius 1 is 0.872 bits per heavy atom. The van der Waals surface area contributed by atoms with E-state index in [-0.39, 0.29) is 30.6 Å². The Labute approximate surface area is 234 Å². The first-order valence-electron chi connectivity index (χ1n) is 14.9. The zero-order chi connectivity index (χ0) is 27.5. The molecule has 2 aliphatic rings. The van der Waals surface area contributed by atoms with E-state index in [0.29, 0.717) is 18.8 Å². The maximum Gasteiger partial charge on any atom is 0.305 e. The van der Waals surface area contributed by atoms with E-state index in [4.69, 9.17) is 16.1 Å². The quantitative estimate of drug-likeness (QED) is 0.172. The van der Waals surface area contributed by atoms with Crippen LogP contribution in [-0.4, -0.2) is 25.2 Å². The molecule has 0 amide bonds. The largest absolute Gasteiger partial charge is 0.462 e. The number of hydrogen-bond donors (Lipinski definition) is 0. The lowest BCUT2D eigenvalue weighted by atomic mass is 9.66. The number of hydrogen-bond acceptors (Lipinski definition) is 4. The molecule has 4 nitrogen and oxygen atoms in total. The van der Waals surface area contributed by atoms with Crippen LogP contribution < -0.4 is 0 Å². The zero-order valence-corrected chi connectivity index (χ0v) is 23.6. The Morgan fingerprint density at radius 3 is 2.23 bits per heavy atom. The number of esters is 2. The van der Waals surface area contributed by atoms with Crippen molar-refractivity contribution in [2.45, 2.75) is 84.0 Å². The monoisotopic (exact) mass is 528 g/mol. The normalized spacial score (nSPS) is 20.1. The maximum absolute atomic E-state index is 11.9. The summed E-state index contributed by atoms with van der Waals surface area (Å²) in [5.74, 6) is 0.170. The van der Waals surface area contributed by atoms with Gasteiger partial charge in [0.25, 0.3) is 0 Å². The van der Waals surface area contributed by atoms with Crippen molar-refractivity contribution >= 4 is 23.1 Å². The lowest BCUT2D eigenvalue weighted by Gasteiger charge is -2.36. The van der Waals surface area contributed by atoms with Gasteiger partial charge in [-0.1, -0.05) is 105 Å². The number of carbonyl (C=O) groups is 2. The molecule has 2 aromatic carbocycles. The van der Waals surface area contributed by atoms with Gasteiger partial charge in [0.05, 0.1) is 0 Å². The molecule has 0 bridgehead atoms. The molecule has 208 valence electrons. The molecule has 1 saturated carbocycles. The number of fused-ring (bicyclic) bond motifs is 1. The van der Waals surface area contributed by atoms with E-state index in [1.54, 1.807) is 18.1 Å². The Hall–Kier alpha value is -3.14. The molecule has 0 aliphatic heterocycles. The van der Waals surface area contributed by atoms with Gasteiger partial charge in [0.2, 0.25) is 0 Å². The lowest BCUT2D eigenvalue weighted by molar-refractivity contribution is -0.152. The second kappa shape index (κ2) is 14.3. The highest BCUT2D eigenvalue weighted by Gasteiger charge is 2.52. The molecule has 2 atom stereocenters. The molecule has 0 aromatic heterocycles. The predicted molar refractivity (Wildman–Crippen MR) is 158 cm³/mol. The van der Waals surface area contributed by atoms with Crippen molar-refractivity contribution in [1.29, 1.82) is 0 Å². The highest BCUT2D eigenvalue weighted by molar-refractivity contribution is 5.90. The van der Waals surface area contributed by atoms with Gasteiger partial charge in [-0.25, -0.2) is 0 Å². The Morgan fingerprint density at radius 2 is 1.51 bits per heavy atom. The average Bonchev–Trinajstić information content (AvgIpc) is 3.52. The van der Waals surface area contributed by atoms with E-state index in [1.807, 2.05) is 0 Å². The third kappa shape index (κ3) is 7.09. The topological polar surface area (TPSA) is 52.6 Å². The summed E-state index contributed by atoms with van der Waals surface area (Å²) >= 11 is 0. The summed E-state index contributed by atoms with van der Waals surface area (Å²) in [5.41, 5.74) is 7.20. The van der Waals surface area contributed by atoms with Gasteiger partial charge in [-0.3, -0.25) is 9.59 Å². The number of ether oxygens (including phenoxy) is 2. The third-order valence-electron chi connectivity index (χ3n) is 8.59. The van der Waals surface area contributed by atoms with Crippen LogP contribution >= 0.6 is 0 Å². The average molecular weight is 529 g/mol. The van der Waals surface area contributed by atoms with Crippen LogP contribution in [0.2, 0.25) is 0 Å². The summed E-state index contributed by atoms with van der Waals surface area (Å²) in [5, 5.41) is 0. The fourth-order valence-electron chi connectivity index (χ4n) is 6.76. The highest BCUT2D eigenvalue weighted by Crippen LogP contribution is 2.66. The number of allylic oxidation sites excluding steroid dienone is 3. The predicted octanol–water partition coefficient (Wildman–Crippen LogP) is 8.57. The molecule has 0 saturated heterocycles. The van der Waals surface area contributed by atoms with Crippen LogP contribution in [0.25, 0.3) is 11.1 Å². The molecule has 0 N–H and O–H groups in total. The van der Waals surface area contributed by atoms with E-state index >= 15 is 0 Å². The van der Waals surface area contributed by atoms with E-state index in [2.05, 4.69) is 60.7 Å². The number of carbonyl (C=O) groups excluding carboxylic acids is 2. The van der Waals surface area contributed by atoms with E-state index in [1.165, 1.54) is 55.2 Å². The minimum atomic E-state index is -0.269. The van der Waals surface area contributed by atoms with Crippen LogP contribution in [0.3, 0.4) is 0 Å². The summed E-state index contributed by atoms with van der Waals surface area (Å²) in [6.07, 6.45) is 12.2. The minimum Gasteiger partial charge on any atom is -0.462 e. The van der Waals surface area contributed by atoms with Crippen LogP contribution in [0.5, 0.6) is 0 Å². The molecule has 0 radical (unpaired) electrons. The van der Waals surface area contributed by atoms with Gasteiger partial charge in [-0.2, -0.15) is 0 Å². The van der Waals surface area contributed by atoms with Gasteiger partial charge in [0, 0.05) is 18.3 Å². The SMILES string of the molecule is C=C(c1ccccc1)[C@@]12CCC[C@@H]1CC(CCCCCCCC(=O)OCCOC(=O)CC)=C2c1ccccc1. The molecule has 0 heterocycles. The van der Waals surface area contributed by atoms with Gasteiger partial charge in [0.1, 0.15) is 13.2 Å². The zero-order valence-electron chi connectivity index (χ0n) is 23.6. The molecular weight excluding hydrogens is 484 g/mol. The highest BCUT2D eigenvalue weighted by atomic mass is 16.6. The van der Waals surface area contributed by atoms with Crippen molar-refractivity contribution in [1.82, 2.24) is 0 Å².